The van der Waals surface area contributed by atoms with E-state index in [4.69, 9.17) is 23.6 Å². The van der Waals surface area contributed by atoms with Gasteiger partial charge in [0.25, 0.3) is 0 Å². The predicted molar refractivity (Wildman–Crippen MR) is 247 cm³/mol. The van der Waals surface area contributed by atoms with E-state index in [0.717, 1.165) is 51.4 Å². The van der Waals surface area contributed by atoms with Crippen molar-refractivity contribution >= 4 is 19.8 Å². The van der Waals surface area contributed by atoms with Crippen LogP contribution in [0.5, 0.6) is 0 Å². The third kappa shape index (κ3) is 44.3. The van der Waals surface area contributed by atoms with Crippen molar-refractivity contribution < 1.29 is 47.8 Å². The van der Waals surface area contributed by atoms with Crippen molar-refractivity contribution in [3.63, 3.8) is 0 Å². The fourth-order valence-electron chi connectivity index (χ4n) is 6.77. The molecule has 0 saturated carbocycles. The zero-order valence-electron chi connectivity index (χ0n) is 38.4. The standard InChI is InChI=1S/C49H91O10P/c1-3-5-7-9-11-13-15-17-19-20-21-22-23-24-25-27-29-31-33-35-37-39-41-49(53)59-47(45-58-60(54,55)57-43-46(51)42-50)44-56-48(52)40-38-36-34-32-30-28-26-18-16-14-12-10-8-6-4-2/h12,14,18,26,30,32,46-47,50-51H,3-11,13,15-17,19-25,27-29,31,33-45H2,1-2H3,(H,54,55)/b14-12+,26-18+,32-30+/t46-,47+/m0/s1. The molecule has 3 atom stereocenters. The Hall–Kier alpha value is -1.81. The minimum Gasteiger partial charge on any atom is -0.462 e. The molecule has 0 heterocycles. The molecule has 0 radical (unpaired) electrons. The number of rotatable bonds is 46. The summed E-state index contributed by atoms with van der Waals surface area (Å²) < 4.78 is 32.8. The summed E-state index contributed by atoms with van der Waals surface area (Å²) in [4.78, 5) is 35.1. The van der Waals surface area contributed by atoms with Crippen LogP contribution >= 0.6 is 7.82 Å². The van der Waals surface area contributed by atoms with Gasteiger partial charge in [-0.1, -0.05) is 198 Å². The number of hydrogen-bond donors (Lipinski definition) is 3. The predicted octanol–water partition coefficient (Wildman–Crippen LogP) is 13.5. The van der Waals surface area contributed by atoms with Crippen molar-refractivity contribution in [1.82, 2.24) is 0 Å². The lowest BCUT2D eigenvalue weighted by Crippen LogP contribution is -2.29. The maximum absolute atomic E-state index is 12.7. The Morgan fingerprint density at radius 2 is 0.867 bits per heavy atom. The number of phosphoric ester groups is 1. The average molecular weight is 871 g/mol. The first-order valence-corrected chi connectivity index (χ1v) is 25.9. The van der Waals surface area contributed by atoms with Gasteiger partial charge < -0.3 is 24.6 Å². The maximum Gasteiger partial charge on any atom is 0.472 e. The topological polar surface area (TPSA) is 149 Å². The van der Waals surface area contributed by atoms with E-state index in [9.17, 15) is 24.2 Å². The molecule has 0 aliphatic rings. The molecule has 3 N–H and O–H groups in total. The van der Waals surface area contributed by atoms with E-state index >= 15 is 0 Å². The van der Waals surface area contributed by atoms with Crippen molar-refractivity contribution in [2.24, 2.45) is 0 Å². The SMILES string of the molecule is CCCCC/C=C/C/C=C/C/C=C/CCCCC(=O)OC[C@H](COP(=O)(O)OC[C@@H](O)CO)OC(=O)CCCCCCCCCCCCCCCCCCCCCCCC. The second kappa shape index (κ2) is 45.2. The Morgan fingerprint density at radius 3 is 1.33 bits per heavy atom. The summed E-state index contributed by atoms with van der Waals surface area (Å²) >= 11 is 0. The summed E-state index contributed by atoms with van der Waals surface area (Å²) in [5, 5.41) is 18.4. The highest BCUT2D eigenvalue weighted by molar-refractivity contribution is 7.47. The van der Waals surface area contributed by atoms with Gasteiger partial charge in [0.15, 0.2) is 6.10 Å². The third-order valence-electron chi connectivity index (χ3n) is 10.5. The van der Waals surface area contributed by atoms with Crippen LogP contribution < -0.4 is 0 Å². The molecule has 10 nitrogen and oxygen atoms in total. The highest BCUT2D eigenvalue weighted by atomic mass is 31.2. The van der Waals surface area contributed by atoms with Crippen molar-refractivity contribution in [2.45, 2.75) is 238 Å². The van der Waals surface area contributed by atoms with Crippen LogP contribution in [0.4, 0.5) is 0 Å². The largest absolute Gasteiger partial charge is 0.472 e. The van der Waals surface area contributed by atoms with E-state index in [-0.39, 0.29) is 19.4 Å². The van der Waals surface area contributed by atoms with E-state index < -0.39 is 51.8 Å². The molecule has 0 aliphatic carbocycles. The smallest absolute Gasteiger partial charge is 0.462 e. The fourth-order valence-corrected chi connectivity index (χ4v) is 7.56. The van der Waals surface area contributed by atoms with Crippen LogP contribution in [0.2, 0.25) is 0 Å². The Morgan fingerprint density at radius 1 is 0.500 bits per heavy atom. The first kappa shape index (κ1) is 58.2. The lowest BCUT2D eigenvalue weighted by atomic mass is 10.0. The third-order valence-corrected chi connectivity index (χ3v) is 11.5. The van der Waals surface area contributed by atoms with Gasteiger partial charge in [0.05, 0.1) is 19.8 Å². The minimum atomic E-state index is -4.63. The Labute approximate surface area is 367 Å². The number of allylic oxidation sites excluding steroid dienone is 6. The van der Waals surface area contributed by atoms with Crippen LogP contribution in [0.15, 0.2) is 36.5 Å². The first-order valence-electron chi connectivity index (χ1n) is 24.4. The van der Waals surface area contributed by atoms with E-state index in [1.165, 1.54) is 135 Å². The van der Waals surface area contributed by atoms with Gasteiger partial charge in [-0.05, 0) is 51.4 Å². The van der Waals surface area contributed by atoms with Crippen molar-refractivity contribution in [3.8, 4) is 0 Å². The van der Waals surface area contributed by atoms with Gasteiger partial charge in [-0.3, -0.25) is 18.6 Å². The van der Waals surface area contributed by atoms with Crippen molar-refractivity contribution in [3.05, 3.63) is 36.5 Å². The second-order valence-electron chi connectivity index (χ2n) is 16.5. The van der Waals surface area contributed by atoms with Crippen LogP contribution in [-0.2, 0) is 32.7 Å². The summed E-state index contributed by atoms with van der Waals surface area (Å²) in [6, 6.07) is 0. The number of carbonyl (C=O) groups is 2. The van der Waals surface area contributed by atoms with Gasteiger partial charge in [0, 0.05) is 12.8 Å². The summed E-state index contributed by atoms with van der Waals surface area (Å²) in [6.45, 7) is 2.34. The van der Waals surface area contributed by atoms with Crippen LogP contribution in [0, 0.1) is 0 Å². The van der Waals surface area contributed by atoms with Crippen LogP contribution in [0.1, 0.15) is 226 Å². The molecular formula is C49H91O10P. The highest BCUT2D eigenvalue weighted by Crippen LogP contribution is 2.43. The van der Waals surface area contributed by atoms with Gasteiger partial charge in [-0.15, -0.1) is 0 Å². The number of unbranched alkanes of at least 4 members (excludes halogenated alkanes) is 26. The van der Waals surface area contributed by atoms with E-state index in [1.807, 2.05) is 0 Å². The molecule has 0 spiro atoms. The molecule has 0 amide bonds. The average Bonchev–Trinajstić information content (AvgIpc) is 3.24. The highest BCUT2D eigenvalue weighted by Gasteiger charge is 2.27. The Balaban J connectivity index is 4.20. The van der Waals surface area contributed by atoms with Gasteiger partial charge >= 0.3 is 19.8 Å². The number of aliphatic hydroxyl groups is 2. The molecule has 0 aromatic carbocycles. The molecule has 0 aliphatic heterocycles. The van der Waals surface area contributed by atoms with Crippen molar-refractivity contribution in [2.75, 3.05) is 26.4 Å². The fraction of sp³-hybridized carbons (Fsp3) is 0.837. The normalized spacial score (nSPS) is 14.0. The van der Waals surface area contributed by atoms with Gasteiger partial charge in [-0.25, -0.2) is 4.57 Å². The van der Waals surface area contributed by atoms with E-state index in [1.54, 1.807) is 0 Å². The molecule has 0 bridgehead atoms. The minimum absolute atomic E-state index is 0.180. The summed E-state index contributed by atoms with van der Waals surface area (Å²) in [5.74, 6) is -0.961. The van der Waals surface area contributed by atoms with Crippen LogP contribution in [0.3, 0.4) is 0 Å². The molecule has 0 fully saturated rings. The number of esters is 2. The second-order valence-corrected chi connectivity index (χ2v) is 17.9. The number of ether oxygens (including phenoxy) is 2. The molecular weight excluding hydrogens is 780 g/mol. The number of hydrogen-bond acceptors (Lipinski definition) is 9. The zero-order valence-corrected chi connectivity index (χ0v) is 39.3. The summed E-state index contributed by atoms with van der Waals surface area (Å²) in [5.41, 5.74) is 0. The lowest BCUT2D eigenvalue weighted by molar-refractivity contribution is -0.161. The molecule has 0 saturated heterocycles. The Bertz CT molecular complexity index is 1090. The summed E-state index contributed by atoms with van der Waals surface area (Å²) in [6.07, 6.45) is 48.3. The zero-order chi connectivity index (χ0) is 44.0. The molecule has 0 aromatic rings. The van der Waals surface area contributed by atoms with E-state index in [2.05, 4.69) is 50.3 Å². The number of carbonyl (C=O) groups excluding carboxylic acids is 2. The van der Waals surface area contributed by atoms with Gasteiger partial charge in [0.1, 0.15) is 12.7 Å². The first-order chi connectivity index (χ1) is 29.2. The van der Waals surface area contributed by atoms with E-state index in [0.29, 0.717) is 12.8 Å². The molecule has 1 unspecified atom stereocenters. The summed E-state index contributed by atoms with van der Waals surface area (Å²) in [7, 11) is -4.63. The molecule has 0 rings (SSSR count). The number of phosphoric acid groups is 1. The monoisotopic (exact) mass is 871 g/mol. The Kier molecular flexibility index (Phi) is 43.9. The number of aliphatic hydroxyl groups excluding tert-OH is 2. The molecule has 60 heavy (non-hydrogen) atoms. The van der Waals surface area contributed by atoms with Gasteiger partial charge in [-0.2, -0.15) is 0 Å². The van der Waals surface area contributed by atoms with Crippen LogP contribution in [-0.4, -0.2) is 65.7 Å². The quantitative estimate of drug-likeness (QED) is 0.0234. The van der Waals surface area contributed by atoms with Crippen molar-refractivity contribution in [1.29, 1.82) is 0 Å². The van der Waals surface area contributed by atoms with Crippen LogP contribution in [0.25, 0.3) is 0 Å². The van der Waals surface area contributed by atoms with Gasteiger partial charge in [0.2, 0.25) is 0 Å². The lowest BCUT2D eigenvalue weighted by Gasteiger charge is -2.20. The molecule has 0 aromatic heterocycles. The molecule has 11 heteroatoms. The maximum atomic E-state index is 12.7. The molecule has 352 valence electrons.